The predicted molar refractivity (Wildman–Crippen MR) is 117 cm³/mol. The number of nitrogens with zero attached hydrogens (tertiary/aromatic N) is 1. The van der Waals surface area contributed by atoms with E-state index >= 15 is 0 Å². The number of allylic oxidation sites excluding steroid dienone is 1. The number of rotatable bonds is 5. The highest BCUT2D eigenvalue weighted by atomic mass is 16.5. The first-order chi connectivity index (χ1) is 13.8. The molecule has 3 rings (SSSR count). The van der Waals surface area contributed by atoms with Crippen LogP contribution in [-0.2, 0) is 14.3 Å². The molecule has 0 atom stereocenters. The summed E-state index contributed by atoms with van der Waals surface area (Å²) >= 11 is 0. The SMILES string of the molecule is CCOC(=O)C1=C(C)N(c2ccc(C)cc2)C(=O)/C1=C\c1ccc(C(C)C)cc1. The molecule has 0 unspecified atom stereocenters. The quantitative estimate of drug-likeness (QED) is 0.509. The van der Waals surface area contributed by atoms with E-state index in [9.17, 15) is 9.59 Å². The zero-order valence-electron chi connectivity index (χ0n) is 17.7. The predicted octanol–water partition coefficient (Wildman–Crippen LogP) is 5.39. The number of benzene rings is 2. The van der Waals surface area contributed by atoms with Crippen LogP contribution in [0.1, 0.15) is 50.3 Å². The maximum absolute atomic E-state index is 13.3. The topological polar surface area (TPSA) is 46.6 Å². The molecule has 0 saturated heterocycles. The maximum Gasteiger partial charge on any atom is 0.340 e. The van der Waals surface area contributed by atoms with Crippen molar-refractivity contribution in [3.05, 3.63) is 82.1 Å². The molecule has 0 radical (unpaired) electrons. The zero-order chi connectivity index (χ0) is 21.1. The van der Waals surface area contributed by atoms with Gasteiger partial charge in [-0.3, -0.25) is 9.69 Å². The van der Waals surface area contributed by atoms with Gasteiger partial charge in [-0.05, 0) is 56.0 Å². The van der Waals surface area contributed by atoms with Crippen molar-refractivity contribution in [2.75, 3.05) is 11.5 Å². The molecule has 0 N–H and O–H groups in total. The number of carbonyl (C=O) groups excluding carboxylic acids is 2. The Bertz CT molecular complexity index is 980. The first kappa shape index (κ1) is 20.6. The molecule has 4 nitrogen and oxygen atoms in total. The van der Waals surface area contributed by atoms with E-state index in [-0.39, 0.29) is 12.5 Å². The fourth-order valence-corrected chi connectivity index (χ4v) is 3.43. The van der Waals surface area contributed by atoms with Crippen LogP contribution in [-0.4, -0.2) is 18.5 Å². The number of anilines is 1. The molecule has 0 bridgehead atoms. The van der Waals surface area contributed by atoms with Crippen molar-refractivity contribution in [3.63, 3.8) is 0 Å². The minimum Gasteiger partial charge on any atom is -0.462 e. The van der Waals surface area contributed by atoms with E-state index < -0.39 is 5.97 Å². The third-order valence-electron chi connectivity index (χ3n) is 5.09. The van der Waals surface area contributed by atoms with Crippen LogP contribution in [0.4, 0.5) is 5.69 Å². The van der Waals surface area contributed by atoms with Crippen molar-refractivity contribution in [2.24, 2.45) is 0 Å². The van der Waals surface area contributed by atoms with Crippen molar-refractivity contribution in [1.29, 1.82) is 0 Å². The molecular weight excluding hydrogens is 362 g/mol. The number of esters is 1. The zero-order valence-corrected chi connectivity index (χ0v) is 17.7. The molecule has 1 amide bonds. The molecule has 29 heavy (non-hydrogen) atoms. The Morgan fingerprint density at radius 1 is 1.03 bits per heavy atom. The van der Waals surface area contributed by atoms with E-state index in [4.69, 9.17) is 4.74 Å². The van der Waals surface area contributed by atoms with E-state index in [2.05, 4.69) is 26.0 Å². The van der Waals surface area contributed by atoms with E-state index in [1.54, 1.807) is 24.8 Å². The molecule has 1 aliphatic rings. The van der Waals surface area contributed by atoms with Gasteiger partial charge in [0.25, 0.3) is 5.91 Å². The number of aryl methyl sites for hydroxylation is 1. The fraction of sp³-hybridized carbons (Fsp3) is 0.280. The van der Waals surface area contributed by atoms with Gasteiger partial charge in [0.15, 0.2) is 0 Å². The lowest BCUT2D eigenvalue weighted by Gasteiger charge is -2.18. The van der Waals surface area contributed by atoms with Gasteiger partial charge in [-0.2, -0.15) is 0 Å². The van der Waals surface area contributed by atoms with Crippen LogP contribution in [0.3, 0.4) is 0 Å². The normalized spacial score (nSPS) is 15.6. The summed E-state index contributed by atoms with van der Waals surface area (Å²) in [7, 11) is 0. The van der Waals surface area contributed by atoms with Gasteiger partial charge in [-0.1, -0.05) is 55.8 Å². The van der Waals surface area contributed by atoms with Crippen molar-refractivity contribution in [3.8, 4) is 0 Å². The first-order valence-electron chi connectivity index (χ1n) is 9.94. The maximum atomic E-state index is 13.3. The second-order valence-electron chi connectivity index (χ2n) is 7.54. The number of hydrogen-bond acceptors (Lipinski definition) is 3. The molecule has 150 valence electrons. The smallest absolute Gasteiger partial charge is 0.340 e. The van der Waals surface area contributed by atoms with Gasteiger partial charge >= 0.3 is 5.97 Å². The van der Waals surface area contributed by atoms with Gasteiger partial charge in [0.05, 0.1) is 17.8 Å². The van der Waals surface area contributed by atoms with Crippen LogP contribution >= 0.6 is 0 Å². The van der Waals surface area contributed by atoms with Crippen LogP contribution in [0.5, 0.6) is 0 Å². The minimum absolute atomic E-state index is 0.220. The van der Waals surface area contributed by atoms with Gasteiger partial charge in [-0.25, -0.2) is 4.79 Å². The highest BCUT2D eigenvalue weighted by Crippen LogP contribution is 2.35. The monoisotopic (exact) mass is 389 g/mol. The van der Waals surface area contributed by atoms with Gasteiger partial charge < -0.3 is 4.74 Å². The van der Waals surface area contributed by atoms with Crippen LogP contribution < -0.4 is 4.90 Å². The third-order valence-corrected chi connectivity index (χ3v) is 5.09. The van der Waals surface area contributed by atoms with Crippen molar-refractivity contribution in [1.82, 2.24) is 0 Å². The number of hydrogen-bond donors (Lipinski definition) is 0. The molecule has 0 fully saturated rings. The summed E-state index contributed by atoms with van der Waals surface area (Å²) in [5, 5.41) is 0. The van der Waals surface area contributed by atoms with Gasteiger partial charge in [-0.15, -0.1) is 0 Å². The van der Waals surface area contributed by atoms with E-state index in [0.29, 0.717) is 22.8 Å². The van der Waals surface area contributed by atoms with Gasteiger partial charge in [0.2, 0.25) is 0 Å². The molecule has 1 heterocycles. The van der Waals surface area contributed by atoms with Crippen LogP contribution in [0.2, 0.25) is 0 Å². The summed E-state index contributed by atoms with van der Waals surface area (Å²) < 4.78 is 5.25. The van der Waals surface area contributed by atoms with E-state index in [1.807, 2.05) is 43.3 Å². The van der Waals surface area contributed by atoms with E-state index in [1.165, 1.54) is 5.56 Å². The number of carbonyl (C=O) groups is 2. The molecule has 0 aromatic heterocycles. The fourth-order valence-electron chi connectivity index (χ4n) is 3.43. The number of amides is 1. The molecule has 2 aromatic carbocycles. The molecule has 0 saturated carbocycles. The Kier molecular flexibility index (Phi) is 6.02. The number of ether oxygens (including phenoxy) is 1. The Labute approximate surface area is 172 Å². The largest absolute Gasteiger partial charge is 0.462 e. The summed E-state index contributed by atoms with van der Waals surface area (Å²) in [5.41, 5.74) is 5.21. The second kappa shape index (κ2) is 8.48. The average Bonchev–Trinajstić information content (AvgIpc) is 2.93. The molecule has 0 aliphatic carbocycles. The van der Waals surface area contributed by atoms with Crippen LogP contribution in [0.15, 0.2) is 65.4 Å². The van der Waals surface area contributed by atoms with Crippen molar-refractivity contribution < 1.29 is 14.3 Å². The minimum atomic E-state index is -0.474. The average molecular weight is 389 g/mol. The lowest BCUT2D eigenvalue weighted by molar-refractivity contribution is -0.138. The Balaban J connectivity index is 2.07. The first-order valence-corrected chi connectivity index (χ1v) is 9.94. The molecule has 4 heteroatoms. The van der Waals surface area contributed by atoms with Crippen LogP contribution in [0, 0.1) is 6.92 Å². The Morgan fingerprint density at radius 3 is 2.21 bits per heavy atom. The summed E-state index contributed by atoms with van der Waals surface area (Å²) in [6, 6.07) is 15.7. The summed E-state index contributed by atoms with van der Waals surface area (Å²) in [5.74, 6) is -0.264. The third kappa shape index (κ3) is 4.16. The summed E-state index contributed by atoms with van der Waals surface area (Å²) in [6.07, 6.45) is 1.77. The summed E-state index contributed by atoms with van der Waals surface area (Å²) in [4.78, 5) is 27.6. The lowest BCUT2D eigenvalue weighted by Crippen LogP contribution is -2.24. The molecule has 2 aromatic rings. The molecule has 1 aliphatic heterocycles. The Morgan fingerprint density at radius 2 is 1.66 bits per heavy atom. The lowest BCUT2D eigenvalue weighted by atomic mass is 9.99. The highest BCUT2D eigenvalue weighted by Gasteiger charge is 2.38. The van der Waals surface area contributed by atoms with Gasteiger partial charge in [0.1, 0.15) is 0 Å². The van der Waals surface area contributed by atoms with Crippen molar-refractivity contribution in [2.45, 2.75) is 40.5 Å². The van der Waals surface area contributed by atoms with Gasteiger partial charge in [0, 0.05) is 11.4 Å². The van der Waals surface area contributed by atoms with E-state index in [0.717, 1.165) is 16.8 Å². The Hall–Kier alpha value is -3.14. The highest BCUT2D eigenvalue weighted by molar-refractivity contribution is 6.23. The molecule has 0 spiro atoms. The summed E-state index contributed by atoms with van der Waals surface area (Å²) in [6.45, 7) is 10.1. The second-order valence-corrected chi connectivity index (χ2v) is 7.54. The standard InChI is InChI=1S/C25H27NO3/c1-6-29-25(28)23-18(5)26(21-13-7-17(4)8-14-21)24(27)22(23)15-19-9-11-20(12-10-19)16(2)3/h7-16H,6H2,1-5H3/b22-15-. The van der Waals surface area contributed by atoms with Crippen molar-refractivity contribution >= 4 is 23.6 Å². The van der Waals surface area contributed by atoms with Crippen LogP contribution in [0.25, 0.3) is 6.08 Å². The molecular formula is C25H27NO3.